The smallest absolute Gasteiger partial charge is 0.158 e. The molecule has 46 valence electrons. The Hall–Kier alpha value is 0.0200. The molecule has 0 N–H and O–H groups in total. The van der Waals surface area contributed by atoms with Crippen LogP contribution in [0.4, 0.5) is 0 Å². The molecule has 0 unspecified atom stereocenters. The molecule has 1 aliphatic rings. The number of nitrogens with zero attached hydrogens (tertiary/aromatic N) is 1. The fourth-order valence-electron chi connectivity index (χ4n) is 1.04. The van der Waals surface area contributed by atoms with E-state index >= 15 is 0 Å². The number of rotatable bonds is 0. The van der Waals surface area contributed by atoms with E-state index in [2.05, 4.69) is 0 Å². The van der Waals surface area contributed by atoms with Crippen molar-refractivity contribution in [3.63, 3.8) is 0 Å². The van der Waals surface area contributed by atoms with Crippen molar-refractivity contribution in [2.45, 2.75) is 25.7 Å². The minimum atomic E-state index is 1.13. The minimum absolute atomic E-state index is 1.13. The molecule has 0 amide bonds. The summed E-state index contributed by atoms with van der Waals surface area (Å²) in [5.41, 5.74) is 0. The van der Waals surface area contributed by atoms with Crippen LogP contribution in [0, 0.1) is 0 Å². The lowest BCUT2D eigenvalue weighted by molar-refractivity contribution is -0.496. The summed E-state index contributed by atoms with van der Waals surface area (Å²) in [5, 5.41) is 0. The normalized spacial score (nSPS) is 22.8. The van der Waals surface area contributed by atoms with Crippen LogP contribution in [-0.4, -0.2) is 17.0 Å². The summed E-state index contributed by atoms with van der Waals surface area (Å²) in [6.07, 6.45) is 5.38. The Morgan fingerprint density at radius 3 is 1.88 bits per heavy atom. The number of hydrogen-bond acceptors (Lipinski definition) is 1. The second-order valence-electron chi connectivity index (χ2n) is 2.34. The van der Waals surface area contributed by atoms with Gasteiger partial charge in [-0.25, -0.2) is 0 Å². The van der Waals surface area contributed by atoms with Crippen LogP contribution in [0.25, 0.3) is 0 Å². The van der Waals surface area contributed by atoms with E-state index in [1.165, 1.54) is 25.7 Å². The van der Waals surface area contributed by atoms with Gasteiger partial charge in [-0.05, 0) is 12.8 Å². The van der Waals surface area contributed by atoms with Crippen LogP contribution >= 0.6 is 0 Å². The third-order valence-electron chi connectivity index (χ3n) is 1.57. The molecule has 0 saturated carbocycles. The molecule has 0 aromatic carbocycles. The first-order valence-electron chi connectivity index (χ1n) is 3.32. The lowest BCUT2D eigenvalue weighted by atomic mass is 10.2. The lowest BCUT2D eigenvalue weighted by Crippen LogP contribution is -2.07. The zero-order chi connectivity index (χ0) is 5.82. The summed E-state index contributed by atoms with van der Waals surface area (Å²) in [6, 6.07) is 0. The van der Waals surface area contributed by atoms with E-state index in [9.17, 15) is 0 Å². The van der Waals surface area contributed by atoms with Crippen molar-refractivity contribution in [3.05, 3.63) is 0 Å². The molecule has 1 fully saturated rings. The molecule has 0 aromatic heterocycles. The van der Waals surface area contributed by atoms with Crippen molar-refractivity contribution in [2.75, 3.05) is 13.1 Å². The Morgan fingerprint density at radius 1 is 0.875 bits per heavy atom. The van der Waals surface area contributed by atoms with Gasteiger partial charge >= 0.3 is 0 Å². The van der Waals surface area contributed by atoms with Crippen LogP contribution in [0.1, 0.15) is 25.7 Å². The van der Waals surface area contributed by atoms with E-state index in [1.54, 1.807) is 0 Å². The Morgan fingerprint density at radius 2 is 1.38 bits per heavy atom. The second kappa shape index (κ2) is 3.13. The summed E-state index contributed by atoms with van der Waals surface area (Å²) < 4.78 is 2.01. The summed E-state index contributed by atoms with van der Waals surface area (Å²) in [5.74, 6) is 0. The highest BCUT2D eigenvalue weighted by Crippen LogP contribution is 2.04. The molecule has 0 bridgehead atoms. The number of hydrogen-bond donors (Lipinski definition) is 0. The molecule has 0 spiro atoms. The standard InChI is InChI=1S/C6H12NS/c8-7-5-3-1-2-4-6-7/h1-6H2/q+1. The molecule has 2 heteroatoms. The molecular formula is C6H12NS+. The van der Waals surface area contributed by atoms with Crippen LogP contribution in [-0.2, 0) is 12.4 Å². The molecular weight excluding hydrogens is 118 g/mol. The summed E-state index contributed by atoms with van der Waals surface area (Å²) in [6.45, 7) is 2.27. The first-order valence-corrected chi connectivity index (χ1v) is 3.68. The highest BCUT2D eigenvalue weighted by molar-refractivity contribution is 7.44. The van der Waals surface area contributed by atoms with Crippen LogP contribution in [0.2, 0.25) is 0 Å². The van der Waals surface area contributed by atoms with Gasteiger partial charge in [0.25, 0.3) is 12.4 Å². The van der Waals surface area contributed by atoms with Gasteiger partial charge in [0.2, 0.25) is 0 Å². The predicted octanol–water partition coefficient (Wildman–Crippen LogP) is 1.30. The van der Waals surface area contributed by atoms with Gasteiger partial charge in [0.15, 0.2) is 13.1 Å². The molecule has 0 atom stereocenters. The maximum Gasteiger partial charge on any atom is 0.263 e. The van der Waals surface area contributed by atoms with Crippen LogP contribution in [0.15, 0.2) is 0 Å². The van der Waals surface area contributed by atoms with E-state index in [-0.39, 0.29) is 0 Å². The minimum Gasteiger partial charge on any atom is -0.158 e. The summed E-state index contributed by atoms with van der Waals surface area (Å²) >= 11 is 5.01. The van der Waals surface area contributed by atoms with Gasteiger partial charge in [-0.3, -0.25) is 0 Å². The van der Waals surface area contributed by atoms with Gasteiger partial charge in [0.05, 0.1) is 0 Å². The summed E-state index contributed by atoms with van der Waals surface area (Å²) in [4.78, 5) is 0. The van der Waals surface area contributed by atoms with E-state index in [0.717, 1.165) is 13.1 Å². The van der Waals surface area contributed by atoms with Gasteiger partial charge < -0.3 is 0 Å². The predicted molar refractivity (Wildman–Crippen MR) is 35.8 cm³/mol. The van der Waals surface area contributed by atoms with Crippen molar-refractivity contribution in [2.24, 2.45) is 0 Å². The Labute approximate surface area is 55.9 Å². The van der Waals surface area contributed by atoms with Crippen molar-refractivity contribution in [3.8, 4) is 0 Å². The third kappa shape index (κ3) is 1.86. The molecule has 1 nitrogen and oxygen atoms in total. The zero-order valence-electron chi connectivity index (χ0n) is 5.10. The van der Waals surface area contributed by atoms with Crippen molar-refractivity contribution < 1.29 is 3.95 Å². The fraction of sp³-hybridized carbons (Fsp3) is 1.00. The molecule has 1 rings (SSSR count). The van der Waals surface area contributed by atoms with Gasteiger partial charge in [-0.2, -0.15) is 3.95 Å². The average molecular weight is 130 g/mol. The largest absolute Gasteiger partial charge is 0.263 e. The highest BCUT2D eigenvalue weighted by Gasteiger charge is 2.06. The fourth-order valence-corrected chi connectivity index (χ4v) is 1.30. The van der Waals surface area contributed by atoms with Gasteiger partial charge in [-0.1, -0.05) is 0 Å². The Kier molecular flexibility index (Phi) is 2.40. The molecule has 1 aliphatic heterocycles. The molecule has 1 heterocycles. The van der Waals surface area contributed by atoms with Crippen LogP contribution in [0.3, 0.4) is 0 Å². The molecule has 0 radical (unpaired) electrons. The average Bonchev–Trinajstić information content (AvgIpc) is 1.94. The van der Waals surface area contributed by atoms with Gasteiger partial charge in [0.1, 0.15) is 0 Å². The first-order chi connectivity index (χ1) is 3.89. The third-order valence-corrected chi connectivity index (χ3v) is 1.93. The molecule has 0 aliphatic carbocycles. The van der Waals surface area contributed by atoms with Gasteiger partial charge in [-0.15, -0.1) is 0 Å². The lowest BCUT2D eigenvalue weighted by Gasteiger charge is -1.86. The second-order valence-corrected chi connectivity index (χ2v) is 2.86. The van der Waals surface area contributed by atoms with Crippen LogP contribution in [0.5, 0.6) is 0 Å². The SMILES string of the molecule is S=[N+]1CCCCCC1. The maximum atomic E-state index is 5.01. The van der Waals surface area contributed by atoms with Crippen LogP contribution < -0.4 is 0 Å². The molecule has 8 heavy (non-hydrogen) atoms. The van der Waals surface area contributed by atoms with E-state index in [1.807, 2.05) is 3.95 Å². The summed E-state index contributed by atoms with van der Waals surface area (Å²) in [7, 11) is 0. The highest BCUT2D eigenvalue weighted by atomic mass is 32.1. The van der Waals surface area contributed by atoms with E-state index in [4.69, 9.17) is 12.4 Å². The van der Waals surface area contributed by atoms with Crippen molar-refractivity contribution in [1.82, 2.24) is 0 Å². The monoisotopic (exact) mass is 130 g/mol. The zero-order valence-corrected chi connectivity index (χ0v) is 5.91. The van der Waals surface area contributed by atoms with E-state index < -0.39 is 0 Å². The molecule has 1 saturated heterocycles. The maximum absolute atomic E-state index is 5.01. The molecule has 0 aromatic rings. The van der Waals surface area contributed by atoms with E-state index in [0.29, 0.717) is 0 Å². The topological polar surface area (TPSA) is 3.01 Å². The Balaban J connectivity index is 2.27. The van der Waals surface area contributed by atoms with Crippen molar-refractivity contribution >= 4 is 12.4 Å². The van der Waals surface area contributed by atoms with Crippen molar-refractivity contribution in [1.29, 1.82) is 0 Å². The van der Waals surface area contributed by atoms with Gasteiger partial charge in [0, 0.05) is 12.8 Å². The Bertz CT molecular complexity index is 80.5. The quantitative estimate of drug-likeness (QED) is 0.447. The first kappa shape index (κ1) is 6.14.